The molecule has 2 heterocycles. The minimum absolute atomic E-state index is 0.114. The van der Waals surface area contributed by atoms with Crippen molar-refractivity contribution in [2.75, 3.05) is 4.90 Å². The lowest BCUT2D eigenvalue weighted by Crippen LogP contribution is -2.54. The molecule has 0 saturated heterocycles. The number of aliphatic hydroxyl groups excluding tert-OH is 1. The number of ether oxygens (including phenoxy) is 1. The van der Waals surface area contributed by atoms with Gasteiger partial charge in [0.05, 0.1) is 24.1 Å². The molecule has 4 rings (SSSR count). The second kappa shape index (κ2) is 5.73. The van der Waals surface area contributed by atoms with Crippen LogP contribution in [0.3, 0.4) is 0 Å². The number of halogens is 1. The standard InChI is InChI=1S/C20H17ClN2O3/c1-20(2)19(25)18(14-7-11(10-22)3-6-16(14)26-20)23-15-5-4-13(21)8-12(15)9-17(23)24/h3-8,18-19,25H,9H2,1-2H3/t18-,19+/m1/s1. The number of hydrogen-bond donors (Lipinski definition) is 1. The molecular formula is C20H17ClN2O3. The average Bonchev–Trinajstić information content (AvgIpc) is 2.90. The summed E-state index contributed by atoms with van der Waals surface area (Å²) in [5.41, 5.74) is 1.76. The molecule has 0 bridgehead atoms. The number of nitriles is 1. The normalized spacial score (nSPS) is 23.0. The van der Waals surface area contributed by atoms with Gasteiger partial charge in [-0.25, -0.2) is 0 Å². The quantitative estimate of drug-likeness (QED) is 0.837. The van der Waals surface area contributed by atoms with E-state index in [1.807, 2.05) is 0 Å². The van der Waals surface area contributed by atoms with Crippen molar-refractivity contribution < 1.29 is 14.6 Å². The molecule has 0 radical (unpaired) electrons. The van der Waals surface area contributed by atoms with Gasteiger partial charge in [0.15, 0.2) is 0 Å². The SMILES string of the molecule is CC1(C)Oc2ccc(C#N)cc2[C@@H](N2C(=O)Cc3cc(Cl)ccc32)[C@@H]1O. The van der Waals surface area contributed by atoms with E-state index in [-0.39, 0.29) is 12.3 Å². The Morgan fingerprint density at radius 3 is 2.81 bits per heavy atom. The van der Waals surface area contributed by atoms with E-state index in [9.17, 15) is 15.2 Å². The second-order valence-corrected chi connectivity index (χ2v) is 7.61. The highest BCUT2D eigenvalue weighted by Crippen LogP contribution is 2.47. The molecule has 1 N–H and O–H groups in total. The van der Waals surface area contributed by atoms with Crippen LogP contribution < -0.4 is 9.64 Å². The van der Waals surface area contributed by atoms with Crippen LogP contribution in [-0.2, 0) is 11.2 Å². The molecule has 0 aliphatic carbocycles. The summed E-state index contributed by atoms with van der Waals surface area (Å²) in [5, 5.41) is 20.9. The predicted octanol–water partition coefficient (Wildman–Crippen LogP) is 3.37. The number of anilines is 1. The maximum absolute atomic E-state index is 12.8. The molecule has 2 aliphatic rings. The first-order valence-corrected chi connectivity index (χ1v) is 8.71. The van der Waals surface area contributed by atoms with Gasteiger partial charge in [0.1, 0.15) is 17.5 Å². The van der Waals surface area contributed by atoms with Crippen molar-refractivity contribution >= 4 is 23.2 Å². The molecule has 26 heavy (non-hydrogen) atoms. The van der Waals surface area contributed by atoms with Gasteiger partial charge in [-0.2, -0.15) is 5.26 Å². The molecule has 2 atom stereocenters. The number of fused-ring (bicyclic) bond motifs is 2. The third-order valence-corrected chi connectivity index (χ3v) is 5.27. The smallest absolute Gasteiger partial charge is 0.232 e. The van der Waals surface area contributed by atoms with Crippen LogP contribution in [0.4, 0.5) is 5.69 Å². The lowest BCUT2D eigenvalue weighted by molar-refractivity contribution is -0.120. The zero-order valence-corrected chi connectivity index (χ0v) is 15.1. The van der Waals surface area contributed by atoms with Crippen LogP contribution in [0.2, 0.25) is 5.02 Å². The van der Waals surface area contributed by atoms with Crippen molar-refractivity contribution in [3.63, 3.8) is 0 Å². The summed E-state index contributed by atoms with van der Waals surface area (Å²) >= 11 is 6.06. The third kappa shape index (κ3) is 2.45. The first-order valence-electron chi connectivity index (χ1n) is 8.33. The first kappa shape index (κ1) is 16.9. The van der Waals surface area contributed by atoms with Gasteiger partial charge in [0.25, 0.3) is 0 Å². The van der Waals surface area contributed by atoms with Gasteiger partial charge in [0.2, 0.25) is 5.91 Å². The van der Waals surface area contributed by atoms with Crippen molar-refractivity contribution in [2.45, 2.75) is 38.0 Å². The average molecular weight is 369 g/mol. The van der Waals surface area contributed by atoms with E-state index in [1.54, 1.807) is 55.1 Å². The maximum atomic E-state index is 12.8. The molecule has 132 valence electrons. The first-order chi connectivity index (χ1) is 12.3. The monoisotopic (exact) mass is 368 g/mol. The Morgan fingerprint density at radius 2 is 2.08 bits per heavy atom. The van der Waals surface area contributed by atoms with E-state index in [1.165, 1.54) is 0 Å². The van der Waals surface area contributed by atoms with Gasteiger partial charge < -0.3 is 14.7 Å². The molecule has 2 aliphatic heterocycles. The Kier molecular flexibility index (Phi) is 3.72. The number of hydrogen-bond acceptors (Lipinski definition) is 4. The maximum Gasteiger partial charge on any atom is 0.232 e. The Labute approximate surface area is 156 Å². The van der Waals surface area contributed by atoms with E-state index in [0.29, 0.717) is 21.9 Å². The summed E-state index contributed by atoms with van der Waals surface area (Å²) in [6.45, 7) is 3.57. The van der Waals surface area contributed by atoms with Crippen LogP contribution in [0.15, 0.2) is 36.4 Å². The van der Waals surface area contributed by atoms with E-state index >= 15 is 0 Å². The summed E-state index contributed by atoms with van der Waals surface area (Å²) in [4.78, 5) is 14.4. The van der Waals surface area contributed by atoms with Crippen LogP contribution >= 0.6 is 11.6 Å². The van der Waals surface area contributed by atoms with Crippen molar-refractivity contribution in [3.05, 3.63) is 58.1 Å². The lowest BCUT2D eigenvalue weighted by atomic mass is 9.85. The summed E-state index contributed by atoms with van der Waals surface area (Å²) in [6, 6.07) is 11.8. The molecule has 6 heteroatoms. The molecule has 0 saturated carbocycles. The van der Waals surface area contributed by atoms with Crippen LogP contribution in [0.5, 0.6) is 5.75 Å². The minimum Gasteiger partial charge on any atom is -0.485 e. The minimum atomic E-state index is -0.963. The third-order valence-electron chi connectivity index (χ3n) is 5.03. The molecule has 1 amide bonds. The fourth-order valence-electron chi connectivity index (χ4n) is 3.73. The number of carbonyl (C=O) groups excluding carboxylic acids is 1. The second-order valence-electron chi connectivity index (χ2n) is 7.17. The molecular weight excluding hydrogens is 352 g/mol. The van der Waals surface area contributed by atoms with Gasteiger partial charge in [-0.1, -0.05) is 11.6 Å². The van der Waals surface area contributed by atoms with E-state index in [4.69, 9.17) is 16.3 Å². The number of nitrogens with zero attached hydrogens (tertiary/aromatic N) is 2. The highest BCUT2D eigenvalue weighted by Gasteiger charge is 2.48. The fourth-order valence-corrected chi connectivity index (χ4v) is 3.93. The van der Waals surface area contributed by atoms with Crippen LogP contribution in [-0.4, -0.2) is 22.7 Å². The Hall–Kier alpha value is -2.55. The van der Waals surface area contributed by atoms with E-state index in [0.717, 1.165) is 11.3 Å². The molecule has 0 spiro atoms. The summed E-state index contributed by atoms with van der Waals surface area (Å²) in [7, 11) is 0. The number of benzene rings is 2. The van der Waals surface area contributed by atoms with E-state index < -0.39 is 17.7 Å². The Morgan fingerprint density at radius 1 is 1.31 bits per heavy atom. The highest BCUT2D eigenvalue weighted by molar-refractivity contribution is 6.30. The van der Waals surface area contributed by atoms with Crippen molar-refractivity contribution in [3.8, 4) is 11.8 Å². The van der Waals surface area contributed by atoms with Crippen molar-refractivity contribution in [2.24, 2.45) is 0 Å². The van der Waals surface area contributed by atoms with Gasteiger partial charge >= 0.3 is 0 Å². The largest absolute Gasteiger partial charge is 0.485 e. The molecule has 2 aromatic rings. The van der Waals surface area contributed by atoms with Gasteiger partial charge in [-0.15, -0.1) is 0 Å². The van der Waals surface area contributed by atoms with E-state index in [2.05, 4.69) is 6.07 Å². The molecule has 0 fully saturated rings. The summed E-state index contributed by atoms with van der Waals surface area (Å²) in [6.07, 6.45) is -0.734. The van der Waals surface area contributed by atoms with Crippen molar-refractivity contribution in [1.82, 2.24) is 0 Å². The lowest BCUT2D eigenvalue weighted by Gasteiger charge is -2.45. The van der Waals surface area contributed by atoms with Gasteiger partial charge in [-0.3, -0.25) is 4.79 Å². The van der Waals surface area contributed by atoms with Gasteiger partial charge in [-0.05, 0) is 55.8 Å². The zero-order chi connectivity index (χ0) is 18.6. The summed E-state index contributed by atoms with van der Waals surface area (Å²) < 4.78 is 5.94. The molecule has 5 nitrogen and oxygen atoms in total. The summed E-state index contributed by atoms with van der Waals surface area (Å²) in [5.74, 6) is 0.455. The fraction of sp³-hybridized carbons (Fsp3) is 0.300. The predicted molar refractivity (Wildman–Crippen MR) is 97.3 cm³/mol. The Balaban J connectivity index is 1.91. The number of amides is 1. The Bertz CT molecular complexity index is 964. The number of carbonyl (C=O) groups is 1. The number of aliphatic hydroxyl groups is 1. The van der Waals surface area contributed by atoms with Crippen LogP contribution in [0.25, 0.3) is 0 Å². The molecule has 0 unspecified atom stereocenters. The zero-order valence-electron chi connectivity index (χ0n) is 14.4. The molecule has 2 aromatic carbocycles. The van der Waals surface area contributed by atoms with Crippen LogP contribution in [0.1, 0.15) is 36.6 Å². The van der Waals surface area contributed by atoms with Crippen molar-refractivity contribution in [1.29, 1.82) is 5.26 Å². The highest BCUT2D eigenvalue weighted by atomic mass is 35.5. The topological polar surface area (TPSA) is 73.6 Å². The van der Waals surface area contributed by atoms with Gasteiger partial charge in [0, 0.05) is 16.3 Å². The van der Waals surface area contributed by atoms with Crippen LogP contribution in [0, 0.1) is 11.3 Å². The molecule has 0 aromatic heterocycles. The number of rotatable bonds is 1.